The van der Waals surface area contributed by atoms with Gasteiger partial charge >= 0.3 is 0 Å². The minimum atomic E-state index is -1.03. The summed E-state index contributed by atoms with van der Waals surface area (Å²) in [6.07, 6.45) is 0. The monoisotopic (exact) mass is 478 g/mol. The summed E-state index contributed by atoms with van der Waals surface area (Å²) in [4.78, 5) is 50.2. The predicted molar refractivity (Wildman–Crippen MR) is 134 cm³/mol. The Morgan fingerprint density at radius 2 is 1.11 bits per heavy atom. The zero-order valence-corrected chi connectivity index (χ0v) is 18.2. The highest BCUT2D eigenvalue weighted by atomic mass is 16.3. The molecule has 0 radical (unpaired) electrons. The van der Waals surface area contributed by atoms with Crippen molar-refractivity contribution >= 4 is 32.3 Å². The molecule has 0 atom stereocenters. The van der Waals surface area contributed by atoms with E-state index in [4.69, 9.17) is 0 Å². The molecule has 8 heteroatoms. The van der Waals surface area contributed by atoms with Crippen LogP contribution in [0.5, 0.6) is 23.0 Å². The summed E-state index contributed by atoms with van der Waals surface area (Å²) in [7, 11) is 0. The molecule has 0 spiro atoms. The largest absolute Gasteiger partial charge is 0.507 e. The van der Waals surface area contributed by atoms with E-state index in [0.29, 0.717) is 11.1 Å². The van der Waals surface area contributed by atoms with E-state index < -0.39 is 38.4 Å². The van der Waals surface area contributed by atoms with Gasteiger partial charge in [0.1, 0.15) is 11.5 Å². The summed E-state index contributed by atoms with van der Waals surface area (Å²) in [6.45, 7) is 0. The van der Waals surface area contributed by atoms with Gasteiger partial charge in [0.05, 0.1) is 10.6 Å². The first kappa shape index (κ1) is 21.3. The molecule has 4 aromatic rings. The molecule has 0 heterocycles. The molecule has 2 aliphatic rings. The molecule has 8 nitrogen and oxygen atoms in total. The Hall–Kier alpha value is -5.24. The van der Waals surface area contributed by atoms with Gasteiger partial charge < -0.3 is 20.4 Å². The summed E-state index contributed by atoms with van der Waals surface area (Å²) < 4.78 is 0. The van der Waals surface area contributed by atoms with Gasteiger partial charge in [-0.3, -0.25) is 19.2 Å². The van der Waals surface area contributed by atoms with Crippen LogP contribution in [0.1, 0.15) is 0 Å². The first-order chi connectivity index (χ1) is 17.2. The van der Waals surface area contributed by atoms with E-state index in [1.165, 1.54) is 36.4 Å². The van der Waals surface area contributed by atoms with Crippen molar-refractivity contribution in [1.82, 2.24) is 0 Å². The number of phenols is 4. The first-order valence-corrected chi connectivity index (χ1v) is 10.8. The van der Waals surface area contributed by atoms with E-state index in [-0.39, 0.29) is 49.0 Å². The SMILES string of the molecule is O=c1ccc2c(=O)c3ccc(-c4ccc5c(O)c6ccc(O)c(O)c6c(O)c5c4)cc3c(=O)c=2c1=O. The van der Waals surface area contributed by atoms with Crippen molar-refractivity contribution in [2.45, 2.75) is 0 Å². The Morgan fingerprint density at radius 3 is 1.83 bits per heavy atom. The van der Waals surface area contributed by atoms with Crippen molar-refractivity contribution in [2.24, 2.45) is 0 Å². The van der Waals surface area contributed by atoms with Crippen LogP contribution in [0.4, 0.5) is 0 Å². The molecule has 4 N–H and O–H groups in total. The van der Waals surface area contributed by atoms with Crippen LogP contribution in [0.15, 0.2) is 79.8 Å². The maximum atomic E-state index is 13.1. The minimum absolute atomic E-state index is 0.0269. The molecule has 0 fully saturated rings. The molecular formula is C28H14O8. The van der Waals surface area contributed by atoms with Gasteiger partial charge in [-0.1, -0.05) is 12.1 Å². The molecule has 174 valence electrons. The van der Waals surface area contributed by atoms with E-state index in [2.05, 4.69) is 0 Å². The number of aromatic hydroxyl groups is 4. The molecule has 0 aliphatic heterocycles. The third-order valence-corrected chi connectivity index (χ3v) is 6.61. The summed E-state index contributed by atoms with van der Waals surface area (Å²) in [5, 5.41) is 41.8. The highest BCUT2D eigenvalue weighted by Crippen LogP contribution is 2.48. The molecule has 0 saturated carbocycles. The van der Waals surface area contributed by atoms with Gasteiger partial charge in [0.25, 0.3) is 0 Å². The highest BCUT2D eigenvalue weighted by molar-refractivity contribution is 6.14. The maximum Gasteiger partial charge on any atom is 0.237 e. The van der Waals surface area contributed by atoms with Gasteiger partial charge in [0.2, 0.25) is 10.9 Å². The number of hydrogen-bond acceptors (Lipinski definition) is 8. The second kappa shape index (κ2) is 7.13. The van der Waals surface area contributed by atoms with Crippen molar-refractivity contribution in [3.63, 3.8) is 0 Å². The van der Waals surface area contributed by atoms with E-state index in [1.807, 2.05) is 0 Å². The van der Waals surface area contributed by atoms with Crippen molar-refractivity contribution in [2.75, 3.05) is 0 Å². The molecule has 36 heavy (non-hydrogen) atoms. The number of phenolic OH excluding ortho intramolecular Hbond substituents is 4. The second-order valence-electron chi connectivity index (χ2n) is 8.55. The van der Waals surface area contributed by atoms with Crippen LogP contribution in [-0.4, -0.2) is 20.4 Å². The molecule has 0 saturated heterocycles. The van der Waals surface area contributed by atoms with Crippen LogP contribution >= 0.6 is 0 Å². The quantitative estimate of drug-likeness (QED) is 0.122. The third kappa shape index (κ3) is 2.69. The van der Waals surface area contributed by atoms with E-state index in [0.717, 1.165) is 6.07 Å². The molecule has 0 unspecified atom stereocenters. The van der Waals surface area contributed by atoms with Crippen molar-refractivity contribution in [3.8, 4) is 34.1 Å². The van der Waals surface area contributed by atoms with Crippen LogP contribution in [0.25, 0.3) is 43.4 Å². The molecule has 0 bridgehead atoms. The number of hydrogen-bond donors (Lipinski definition) is 4. The van der Waals surface area contributed by atoms with E-state index in [9.17, 15) is 39.6 Å². The van der Waals surface area contributed by atoms with Gasteiger partial charge in [-0.25, -0.2) is 0 Å². The lowest BCUT2D eigenvalue weighted by atomic mass is 9.94. The predicted octanol–water partition coefficient (Wildman–Crippen LogP) is 2.68. The van der Waals surface area contributed by atoms with Crippen LogP contribution in [0.2, 0.25) is 0 Å². The molecule has 0 aromatic heterocycles. The molecular weight excluding hydrogens is 464 g/mol. The molecule has 0 amide bonds. The summed E-state index contributed by atoms with van der Waals surface area (Å²) in [5.41, 5.74) is -2.21. The lowest BCUT2D eigenvalue weighted by Gasteiger charge is -2.13. The Morgan fingerprint density at radius 1 is 0.472 bits per heavy atom. The van der Waals surface area contributed by atoms with Gasteiger partial charge in [0, 0.05) is 32.1 Å². The fourth-order valence-corrected chi connectivity index (χ4v) is 4.79. The Balaban J connectivity index is 1.68. The van der Waals surface area contributed by atoms with Crippen molar-refractivity contribution in [3.05, 3.63) is 112 Å². The average Bonchev–Trinajstić information content (AvgIpc) is 2.88. The van der Waals surface area contributed by atoms with E-state index in [1.54, 1.807) is 18.2 Å². The number of rotatable bonds is 1. The Labute approximate surface area is 199 Å². The normalized spacial score (nSPS) is 11.7. The number of benzene rings is 4. The lowest BCUT2D eigenvalue weighted by molar-refractivity contribution is 0.405. The minimum Gasteiger partial charge on any atom is -0.507 e. The fourth-order valence-electron chi connectivity index (χ4n) is 4.79. The Bertz CT molecular complexity index is 2230. The summed E-state index contributed by atoms with van der Waals surface area (Å²) in [6, 6.07) is 13.9. The summed E-state index contributed by atoms with van der Waals surface area (Å²) >= 11 is 0. The zero-order valence-electron chi connectivity index (χ0n) is 18.2. The van der Waals surface area contributed by atoms with Crippen LogP contribution in [0.3, 0.4) is 0 Å². The molecule has 4 aromatic carbocycles. The van der Waals surface area contributed by atoms with Crippen molar-refractivity contribution in [1.29, 1.82) is 0 Å². The van der Waals surface area contributed by atoms with Gasteiger partial charge in [-0.15, -0.1) is 0 Å². The van der Waals surface area contributed by atoms with Gasteiger partial charge in [0.15, 0.2) is 22.4 Å². The first-order valence-electron chi connectivity index (χ1n) is 10.8. The van der Waals surface area contributed by atoms with Crippen LogP contribution in [0, 0.1) is 10.4 Å². The van der Waals surface area contributed by atoms with E-state index >= 15 is 0 Å². The zero-order chi connectivity index (χ0) is 25.5. The van der Waals surface area contributed by atoms with Crippen LogP contribution < -0.4 is 21.7 Å². The van der Waals surface area contributed by atoms with Gasteiger partial charge in [-0.2, -0.15) is 0 Å². The second-order valence-corrected chi connectivity index (χ2v) is 8.55. The topological polar surface area (TPSA) is 149 Å². The third-order valence-electron chi connectivity index (χ3n) is 6.61. The highest BCUT2D eigenvalue weighted by Gasteiger charge is 2.19. The molecule has 6 rings (SSSR count). The van der Waals surface area contributed by atoms with Crippen molar-refractivity contribution < 1.29 is 20.4 Å². The lowest BCUT2D eigenvalue weighted by Crippen LogP contribution is -2.31. The van der Waals surface area contributed by atoms with Crippen LogP contribution in [-0.2, 0) is 0 Å². The summed E-state index contributed by atoms with van der Waals surface area (Å²) in [5.74, 6) is -1.64. The fraction of sp³-hybridized carbons (Fsp3) is 0. The average molecular weight is 478 g/mol. The Kier molecular flexibility index (Phi) is 4.22. The molecule has 2 aliphatic carbocycles. The number of fused-ring (bicyclic) bond motifs is 3. The van der Waals surface area contributed by atoms with Gasteiger partial charge in [-0.05, 0) is 59.7 Å². The smallest absolute Gasteiger partial charge is 0.237 e. The maximum absolute atomic E-state index is 13.1. The standard InChI is InChI=1S/C28H14O8/c29-19-7-5-15-21(27(19)35)25(33)17-9-11(1-3-13(17)23(15)31)12-2-4-14-18(10-12)26(34)22-16(24(14)32)6-8-20(30)28(22)36/h1-10,29,31,33,35H.